The maximum Gasteiger partial charge on any atom is 0.225 e. The van der Waals surface area contributed by atoms with Crippen LogP contribution in [0.1, 0.15) is 18.3 Å². The summed E-state index contributed by atoms with van der Waals surface area (Å²) in [7, 11) is 0. The Balaban J connectivity index is 2.48. The summed E-state index contributed by atoms with van der Waals surface area (Å²) in [6.07, 6.45) is 2.50. The van der Waals surface area contributed by atoms with Gasteiger partial charge in [0.15, 0.2) is 11.6 Å². The SMILES string of the molecule is CCc1nc(N)n(-c2cc(C)ccn2)n1. The molecule has 0 atom stereocenters. The van der Waals surface area contributed by atoms with Gasteiger partial charge in [0.25, 0.3) is 0 Å². The van der Waals surface area contributed by atoms with Gasteiger partial charge in [-0.3, -0.25) is 0 Å². The number of hydrogen-bond donors (Lipinski definition) is 1. The number of hydrogen-bond acceptors (Lipinski definition) is 4. The van der Waals surface area contributed by atoms with Gasteiger partial charge >= 0.3 is 0 Å². The van der Waals surface area contributed by atoms with Gasteiger partial charge in [-0.15, -0.1) is 5.10 Å². The first-order chi connectivity index (χ1) is 7.20. The minimum Gasteiger partial charge on any atom is -0.368 e. The molecule has 5 heteroatoms. The van der Waals surface area contributed by atoms with Crippen LogP contribution in [0.3, 0.4) is 0 Å². The fourth-order valence-electron chi connectivity index (χ4n) is 1.32. The van der Waals surface area contributed by atoms with Crippen LogP contribution in [-0.4, -0.2) is 19.7 Å². The van der Waals surface area contributed by atoms with E-state index in [9.17, 15) is 0 Å². The summed E-state index contributed by atoms with van der Waals surface area (Å²) in [6, 6.07) is 3.85. The zero-order valence-corrected chi connectivity index (χ0v) is 8.81. The molecule has 0 aliphatic heterocycles. The Hall–Kier alpha value is -1.91. The predicted molar refractivity (Wildman–Crippen MR) is 57.7 cm³/mol. The molecule has 0 unspecified atom stereocenters. The van der Waals surface area contributed by atoms with Gasteiger partial charge in [-0.2, -0.15) is 9.67 Å². The van der Waals surface area contributed by atoms with E-state index in [-0.39, 0.29) is 0 Å². The molecule has 0 saturated carbocycles. The number of aromatic nitrogens is 4. The second-order valence-electron chi connectivity index (χ2n) is 3.34. The van der Waals surface area contributed by atoms with E-state index in [1.54, 1.807) is 10.9 Å². The summed E-state index contributed by atoms with van der Waals surface area (Å²) in [6.45, 7) is 3.99. The standard InChI is InChI=1S/C10H13N5/c1-3-8-13-10(11)15(14-8)9-6-7(2)4-5-12-9/h4-6H,3H2,1-2H3,(H2,11,13,14). The average molecular weight is 203 g/mol. The van der Waals surface area contributed by atoms with Gasteiger partial charge in [0.05, 0.1) is 0 Å². The van der Waals surface area contributed by atoms with E-state index in [1.807, 2.05) is 26.0 Å². The number of nitrogens with zero attached hydrogens (tertiary/aromatic N) is 4. The Morgan fingerprint density at radius 3 is 2.87 bits per heavy atom. The van der Waals surface area contributed by atoms with Crippen molar-refractivity contribution in [3.05, 3.63) is 29.7 Å². The van der Waals surface area contributed by atoms with Gasteiger partial charge in [0.2, 0.25) is 5.95 Å². The molecular weight excluding hydrogens is 190 g/mol. The molecule has 0 radical (unpaired) electrons. The van der Waals surface area contributed by atoms with Crippen molar-refractivity contribution in [2.75, 3.05) is 5.73 Å². The van der Waals surface area contributed by atoms with Crippen LogP contribution in [0, 0.1) is 6.92 Å². The lowest BCUT2D eigenvalue weighted by molar-refractivity contribution is 0.821. The molecule has 5 nitrogen and oxygen atoms in total. The Kier molecular flexibility index (Phi) is 2.37. The van der Waals surface area contributed by atoms with E-state index in [2.05, 4.69) is 15.1 Å². The second kappa shape index (κ2) is 3.68. The highest BCUT2D eigenvalue weighted by molar-refractivity contribution is 5.33. The lowest BCUT2D eigenvalue weighted by Crippen LogP contribution is -2.04. The van der Waals surface area contributed by atoms with Crippen LogP contribution in [0.5, 0.6) is 0 Å². The maximum absolute atomic E-state index is 5.75. The third-order valence-electron chi connectivity index (χ3n) is 2.11. The highest BCUT2D eigenvalue weighted by atomic mass is 15.4. The van der Waals surface area contributed by atoms with Gasteiger partial charge in [-0.25, -0.2) is 4.98 Å². The molecule has 2 aromatic heterocycles. The third-order valence-corrected chi connectivity index (χ3v) is 2.11. The van der Waals surface area contributed by atoms with Crippen molar-refractivity contribution in [1.29, 1.82) is 0 Å². The normalized spacial score (nSPS) is 10.5. The maximum atomic E-state index is 5.75. The monoisotopic (exact) mass is 203 g/mol. The summed E-state index contributed by atoms with van der Waals surface area (Å²) in [5, 5.41) is 4.26. The first-order valence-corrected chi connectivity index (χ1v) is 4.85. The van der Waals surface area contributed by atoms with Crippen molar-refractivity contribution < 1.29 is 0 Å². The summed E-state index contributed by atoms with van der Waals surface area (Å²) >= 11 is 0. The van der Waals surface area contributed by atoms with Crippen LogP contribution in [0.4, 0.5) is 5.95 Å². The number of anilines is 1. The van der Waals surface area contributed by atoms with E-state index < -0.39 is 0 Å². The van der Waals surface area contributed by atoms with Gasteiger partial charge < -0.3 is 5.73 Å². The molecule has 0 fully saturated rings. The van der Waals surface area contributed by atoms with Crippen LogP contribution in [0.2, 0.25) is 0 Å². The quantitative estimate of drug-likeness (QED) is 0.793. The van der Waals surface area contributed by atoms with Crippen LogP contribution in [0.15, 0.2) is 18.3 Å². The molecule has 0 spiro atoms. The van der Waals surface area contributed by atoms with Crippen molar-refractivity contribution in [3.63, 3.8) is 0 Å². The fraction of sp³-hybridized carbons (Fsp3) is 0.300. The molecule has 78 valence electrons. The Morgan fingerprint density at radius 2 is 2.27 bits per heavy atom. The first-order valence-electron chi connectivity index (χ1n) is 4.85. The van der Waals surface area contributed by atoms with Gasteiger partial charge in [-0.1, -0.05) is 6.92 Å². The van der Waals surface area contributed by atoms with Crippen LogP contribution in [0.25, 0.3) is 5.82 Å². The largest absolute Gasteiger partial charge is 0.368 e. The molecule has 0 aromatic carbocycles. The van der Waals surface area contributed by atoms with Crippen molar-refractivity contribution in [1.82, 2.24) is 19.7 Å². The average Bonchev–Trinajstić information content (AvgIpc) is 2.60. The first kappa shape index (κ1) is 9.64. The van der Waals surface area contributed by atoms with E-state index in [1.165, 1.54) is 0 Å². The zero-order chi connectivity index (χ0) is 10.8. The van der Waals surface area contributed by atoms with Crippen molar-refractivity contribution in [2.24, 2.45) is 0 Å². The zero-order valence-electron chi connectivity index (χ0n) is 8.81. The molecule has 15 heavy (non-hydrogen) atoms. The van der Waals surface area contributed by atoms with Crippen LogP contribution in [-0.2, 0) is 6.42 Å². The number of rotatable bonds is 2. The highest BCUT2D eigenvalue weighted by Gasteiger charge is 2.07. The molecule has 2 heterocycles. The van der Waals surface area contributed by atoms with Crippen molar-refractivity contribution >= 4 is 5.95 Å². The number of aryl methyl sites for hydroxylation is 2. The summed E-state index contributed by atoms with van der Waals surface area (Å²) in [5.74, 6) is 1.82. The van der Waals surface area contributed by atoms with E-state index >= 15 is 0 Å². The second-order valence-corrected chi connectivity index (χ2v) is 3.34. The minimum absolute atomic E-state index is 0.380. The Morgan fingerprint density at radius 1 is 1.47 bits per heavy atom. The molecular formula is C10H13N5. The number of nitrogens with two attached hydrogens (primary N) is 1. The molecule has 0 saturated heterocycles. The van der Waals surface area contributed by atoms with Crippen LogP contribution >= 0.6 is 0 Å². The van der Waals surface area contributed by atoms with Crippen LogP contribution < -0.4 is 5.73 Å². The minimum atomic E-state index is 0.380. The molecule has 2 rings (SSSR count). The third kappa shape index (κ3) is 1.81. The molecule has 0 aliphatic rings. The smallest absolute Gasteiger partial charge is 0.225 e. The number of nitrogen functional groups attached to an aromatic ring is 1. The Bertz CT molecular complexity index is 474. The van der Waals surface area contributed by atoms with Crippen molar-refractivity contribution in [2.45, 2.75) is 20.3 Å². The summed E-state index contributed by atoms with van der Waals surface area (Å²) in [4.78, 5) is 8.32. The van der Waals surface area contributed by atoms with Gasteiger partial charge in [0, 0.05) is 12.6 Å². The van der Waals surface area contributed by atoms with E-state index in [4.69, 9.17) is 5.73 Å². The molecule has 0 aliphatic carbocycles. The van der Waals surface area contributed by atoms with Gasteiger partial charge in [0.1, 0.15) is 0 Å². The van der Waals surface area contributed by atoms with E-state index in [0.29, 0.717) is 11.8 Å². The summed E-state index contributed by atoms with van der Waals surface area (Å²) in [5.41, 5.74) is 6.87. The fourth-order valence-corrected chi connectivity index (χ4v) is 1.32. The Labute approximate surface area is 88.0 Å². The predicted octanol–water partition coefficient (Wildman–Crippen LogP) is 1.12. The number of pyridine rings is 1. The topological polar surface area (TPSA) is 69.6 Å². The molecule has 2 aromatic rings. The molecule has 0 amide bonds. The van der Waals surface area contributed by atoms with Crippen molar-refractivity contribution in [3.8, 4) is 5.82 Å². The van der Waals surface area contributed by atoms with E-state index in [0.717, 1.165) is 17.8 Å². The lowest BCUT2D eigenvalue weighted by Gasteiger charge is -2.01. The molecule has 0 bridgehead atoms. The van der Waals surface area contributed by atoms with Gasteiger partial charge in [-0.05, 0) is 24.6 Å². The summed E-state index contributed by atoms with van der Waals surface area (Å²) < 4.78 is 1.56. The lowest BCUT2D eigenvalue weighted by atomic mass is 10.3. The highest BCUT2D eigenvalue weighted by Crippen LogP contribution is 2.10. The molecule has 2 N–H and O–H groups in total.